The van der Waals surface area contributed by atoms with Crippen molar-refractivity contribution < 1.29 is 4.36 Å². The minimum absolute atomic E-state index is 0.898. The zero-order chi connectivity index (χ0) is 5.28. The molecular weight excluding hydrogens is 88.1 g/mol. The Balaban J connectivity index is 3.59. The monoisotopic (exact) mass is 94.1 g/mol. The molecule has 0 amide bonds. The molecule has 7 heavy (non-hydrogen) atoms. The highest BCUT2D eigenvalue weighted by atomic mass is 15.2. The lowest BCUT2D eigenvalue weighted by molar-refractivity contribution is -0.563. The number of aromatic nitrogens is 2. The molecule has 1 aromatic heterocycles. The highest BCUT2D eigenvalue weighted by Gasteiger charge is 1.73. The standard InChI is InChI=1S/C5H6N2/c1-5-3-6-7(2)4-5/h3-4H,1-2H2. The molecule has 0 aliphatic rings. The van der Waals surface area contributed by atoms with Crippen LogP contribution in [0.2, 0.25) is 0 Å². The summed E-state index contributed by atoms with van der Waals surface area (Å²) in [6.07, 6.45) is 3.41. The van der Waals surface area contributed by atoms with Crippen LogP contribution in [0.25, 0.3) is 6.58 Å². The molecule has 0 fully saturated rings. The molecule has 0 saturated heterocycles. The van der Waals surface area contributed by atoms with Crippen molar-refractivity contribution in [2.24, 2.45) is 0 Å². The van der Waals surface area contributed by atoms with Crippen molar-refractivity contribution >= 4 is 6.58 Å². The molecule has 0 atom stereocenters. The summed E-state index contributed by atoms with van der Waals surface area (Å²) in [7, 11) is 0. The molecular formula is C5H6N2. The summed E-state index contributed by atoms with van der Waals surface area (Å²) in [6.45, 7) is 7.12. The minimum atomic E-state index is 0.898. The van der Waals surface area contributed by atoms with Gasteiger partial charge in [-0.05, 0) is 0 Å². The van der Waals surface area contributed by atoms with Gasteiger partial charge in [0.15, 0.2) is 0 Å². The normalized spacial score (nSPS) is 9.14. The van der Waals surface area contributed by atoms with Gasteiger partial charge in [-0.25, -0.2) is 0 Å². The van der Waals surface area contributed by atoms with Crippen LogP contribution in [0.15, 0.2) is 12.4 Å². The minimum Gasteiger partial charge on any atom is -0.164 e. The van der Waals surface area contributed by atoms with E-state index in [1.54, 1.807) is 12.4 Å². The van der Waals surface area contributed by atoms with E-state index in [1.165, 1.54) is 4.36 Å². The average Bonchev–Trinajstić information content (AvgIpc) is 1.87. The van der Waals surface area contributed by atoms with Gasteiger partial charge in [0.1, 0.15) is 6.20 Å². The fourth-order valence-corrected chi connectivity index (χ4v) is 0.406. The fraction of sp³-hybridized carbons (Fsp3) is 0. The first-order valence-electron chi connectivity index (χ1n) is 1.96. The van der Waals surface area contributed by atoms with Crippen LogP contribution in [-0.4, -0.2) is 5.10 Å². The summed E-state index contributed by atoms with van der Waals surface area (Å²) in [5.74, 6) is 0. The molecule has 0 unspecified atom stereocenters. The maximum atomic E-state index is 3.76. The quantitative estimate of drug-likeness (QED) is 0.302. The van der Waals surface area contributed by atoms with Gasteiger partial charge in [0, 0.05) is 6.20 Å². The molecule has 0 aliphatic carbocycles. The summed E-state index contributed by atoms with van der Waals surface area (Å²) in [4.78, 5) is 0. The SMILES string of the molecule is C=c1cn[n+](=C)[cH-]1. The lowest BCUT2D eigenvalue weighted by Crippen LogP contribution is -2.12. The van der Waals surface area contributed by atoms with E-state index < -0.39 is 0 Å². The van der Waals surface area contributed by atoms with Gasteiger partial charge < -0.3 is 0 Å². The second-order valence-electron chi connectivity index (χ2n) is 1.39. The van der Waals surface area contributed by atoms with E-state index >= 15 is 0 Å². The van der Waals surface area contributed by atoms with Crippen molar-refractivity contribution in [3.63, 3.8) is 0 Å². The molecule has 36 valence electrons. The van der Waals surface area contributed by atoms with Crippen molar-refractivity contribution in [1.82, 2.24) is 5.10 Å². The van der Waals surface area contributed by atoms with Gasteiger partial charge in [0.05, 0.1) is 6.72 Å². The van der Waals surface area contributed by atoms with E-state index in [1.807, 2.05) is 0 Å². The van der Waals surface area contributed by atoms with Crippen LogP contribution in [0.5, 0.6) is 0 Å². The second-order valence-corrected chi connectivity index (χ2v) is 1.39. The van der Waals surface area contributed by atoms with Gasteiger partial charge in [-0.3, -0.25) is 0 Å². The summed E-state index contributed by atoms with van der Waals surface area (Å²) in [5.41, 5.74) is 0. The molecule has 0 bridgehead atoms. The lowest BCUT2D eigenvalue weighted by atomic mass is 10.6. The summed E-state index contributed by atoms with van der Waals surface area (Å²) in [5, 5.41) is 4.66. The number of hydrogen-bond donors (Lipinski definition) is 0. The van der Waals surface area contributed by atoms with Crippen LogP contribution in [0, 0.1) is 6.72 Å². The van der Waals surface area contributed by atoms with Gasteiger partial charge in [0.25, 0.3) is 0 Å². The smallest absolute Gasteiger partial charge is 0.121 e. The predicted molar refractivity (Wildman–Crippen MR) is 25.9 cm³/mol. The Morgan fingerprint density at radius 1 is 1.86 bits per heavy atom. The van der Waals surface area contributed by atoms with Gasteiger partial charge in [-0.2, -0.15) is 10.9 Å². The first-order chi connectivity index (χ1) is 3.29. The third-order valence-corrected chi connectivity index (χ3v) is 0.687. The first kappa shape index (κ1) is 4.12. The maximum absolute atomic E-state index is 3.76. The van der Waals surface area contributed by atoms with Crippen LogP contribution in [0.4, 0.5) is 0 Å². The average molecular weight is 94.1 g/mol. The van der Waals surface area contributed by atoms with E-state index in [9.17, 15) is 0 Å². The van der Waals surface area contributed by atoms with E-state index in [0.717, 1.165) is 5.22 Å². The number of rotatable bonds is 0. The van der Waals surface area contributed by atoms with Crippen molar-refractivity contribution in [2.75, 3.05) is 0 Å². The molecule has 0 aromatic carbocycles. The molecule has 1 heterocycles. The van der Waals surface area contributed by atoms with Crippen LogP contribution in [0.1, 0.15) is 0 Å². The summed E-state index contributed by atoms with van der Waals surface area (Å²) >= 11 is 0. The van der Waals surface area contributed by atoms with Gasteiger partial charge >= 0.3 is 0 Å². The molecule has 1 rings (SSSR count). The van der Waals surface area contributed by atoms with Crippen LogP contribution >= 0.6 is 0 Å². The van der Waals surface area contributed by atoms with Crippen LogP contribution in [-0.2, 0) is 0 Å². The largest absolute Gasteiger partial charge is 0.164 e. The lowest BCUT2D eigenvalue weighted by Gasteiger charge is -1.54. The van der Waals surface area contributed by atoms with Crippen molar-refractivity contribution in [3.05, 3.63) is 24.3 Å². The Hall–Kier alpha value is -1.05. The van der Waals surface area contributed by atoms with E-state index in [4.69, 9.17) is 0 Å². The summed E-state index contributed by atoms with van der Waals surface area (Å²) < 4.78 is 1.47. The Morgan fingerprint density at radius 3 is 2.71 bits per heavy atom. The molecule has 2 nitrogen and oxygen atoms in total. The zero-order valence-corrected chi connectivity index (χ0v) is 3.96. The molecule has 0 saturated carbocycles. The van der Waals surface area contributed by atoms with Gasteiger partial charge in [0.2, 0.25) is 0 Å². The predicted octanol–water partition coefficient (Wildman–Crippen LogP) is -0.862. The Morgan fingerprint density at radius 2 is 2.57 bits per heavy atom. The van der Waals surface area contributed by atoms with Crippen LogP contribution in [0.3, 0.4) is 0 Å². The number of nitrogens with zero attached hydrogens (tertiary/aromatic N) is 2. The Labute approximate surface area is 41.4 Å². The molecule has 0 N–H and O–H groups in total. The highest BCUT2D eigenvalue weighted by molar-refractivity contribution is 4.93. The molecule has 0 aliphatic heterocycles. The zero-order valence-electron chi connectivity index (χ0n) is 3.96. The summed E-state index contributed by atoms with van der Waals surface area (Å²) in [6, 6.07) is 0. The van der Waals surface area contributed by atoms with E-state index in [-0.39, 0.29) is 0 Å². The maximum Gasteiger partial charge on any atom is 0.121 e. The van der Waals surface area contributed by atoms with E-state index in [0.29, 0.717) is 0 Å². The molecule has 1 aromatic rings. The topological polar surface area (TPSA) is 18.8 Å². The molecule has 2 heteroatoms. The van der Waals surface area contributed by atoms with Crippen molar-refractivity contribution in [2.45, 2.75) is 0 Å². The van der Waals surface area contributed by atoms with Crippen molar-refractivity contribution in [3.8, 4) is 0 Å². The third-order valence-electron chi connectivity index (χ3n) is 0.687. The third kappa shape index (κ3) is 0.682. The van der Waals surface area contributed by atoms with Crippen LogP contribution < -0.4 is 9.58 Å². The number of hydrogen-bond acceptors (Lipinski definition) is 1. The molecule has 0 radical (unpaired) electrons. The second kappa shape index (κ2) is 1.22. The van der Waals surface area contributed by atoms with Gasteiger partial charge in [-0.1, -0.05) is 10.3 Å². The first-order valence-corrected chi connectivity index (χ1v) is 1.96. The van der Waals surface area contributed by atoms with Crippen molar-refractivity contribution in [1.29, 1.82) is 0 Å². The van der Waals surface area contributed by atoms with Gasteiger partial charge in [-0.15, -0.1) is 0 Å². The Bertz CT molecular complexity index is 210. The van der Waals surface area contributed by atoms with E-state index in [2.05, 4.69) is 18.4 Å². The Kier molecular flexibility index (Phi) is 0.719. The fourth-order valence-electron chi connectivity index (χ4n) is 0.406. The molecule has 0 spiro atoms. The highest BCUT2D eigenvalue weighted by Crippen LogP contribution is 1.46.